The molecule has 0 saturated heterocycles. The van der Waals surface area contributed by atoms with Gasteiger partial charge in [-0.05, 0) is 48.2 Å². The van der Waals surface area contributed by atoms with Crippen LogP contribution in [0.2, 0.25) is 0 Å². The number of carbonyl (C=O) groups is 2. The number of benzene rings is 1. The standard InChI is InChI=1S/C21H16N2O5S/c1-13-6-7-14(10-16(13)23-19(24)17-4-2-8-26-17)21(25)28-12-15-11-27-20(22-15)18-5-3-9-29-18/h2-11H,12H2,1H3,(H,23,24). The number of furan rings is 1. The van der Waals surface area contributed by atoms with Crippen LogP contribution in [0.4, 0.5) is 5.69 Å². The minimum Gasteiger partial charge on any atom is -0.459 e. The first kappa shape index (κ1) is 18.7. The predicted molar refractivity (Wildman–Crippen MR) is 107 cm³/mol. The summed E-state index contributed by atoms with van der Waals surface area (Å²) in [5, 5.41) is 4.66. The molecule has 3 aromatic heterocycles. The molecule has 4 rings (SSSR count). The SMILES string of the molecule is Cc1ccc(C(=O)OCc2coc(-c3cccs3)n2)cc1NC(=O)c1ccco1. The fourth-order valence-corrected chi connectivity index (χ4v) is 3.24. The third-order valence-corrected chi connectivity index (χ3v) is 4.96. The first-order chi connectivity index (χ1) is 14.1. The maximum atomic E-state index is 12.4. The van der Waals surface area contributed by atoms with Gasteiger partial charge in [-0.3, -0.25) is 4.79 Å². The van der Waals surface area contributed by atoms with Crippen LogP contribution in [0.5, 0.6) is 0 Å². The molecule has 29 heavy (non-hydrogen) atoms. The van der Waals surface area contributed by atoms with Gasteiger partial charge in [-0.15, -0.1) is 11.3 Å². The fraction of sp³-hybridized carbons (Fsp3) is 0.0952. The molecule has 4 aromatic rings. The number of carbonyl (C=O) groups excluding carboxylic acids is 2. The number of hydrogen-bond donors (Lipinski definition) is 1. The van der Waals surface area contributed by atoms with Crippen molar-refractivity contribution in [1.82, 2.24) is 4.98 Å². The highest BCUT2D eigenvalue weighted by Crippen LogP contribution is 2.24. The molecular formula is C21H16N2O5S. The van der Waals surface area contributed by atoms with Gasteiger partial charge in [-0.25, -0.2) is 9.78 Å². The third-order valence-electron chi connectivity index (χ3n) is 4.10. The number of esters is 1. The average Bonchev–Trinajstić information content (AvgIpc) is 3.49. The molecule has 0 fully saturated rings. The summed E-state index contributed by atoms with van der Waals surface area (Å²) in [7, 11) is 0. The Bertz CT molecular complexity index is 1130. The van der Waals surface area contributed by atoms with E-state index in [1.807, 2.05) is 24.4 Å². The molecular weight excluding hydrogens is 392 g/mol. The molecule has 7 nitrogen and oxygen atoms in total. The maximum Gasteiger partial charge on any atom is 0.338 e. The number of anilines is 1. The molecule has 1 N–H and O–H groups in total. The van der Waals surface area contributed by atoms with E-state index in [0.29, 0.717) is 22.8 Å². The summed E-state index contributed by atoms with van der Waals surface area (Å²) in [5.41, 5.74) is 2.13. The Morgan fingerprint density at radius 3 is 2.83 bits per heavy atom. The number of aromatic nitrogens is 1. The minimum absolute atomic E-state index is 0.0182. The lowest BCUT2D eigenvalue weighted by Crippen LogP contribution is -2.13. The van der Waals surface area contributed by atoms with Gasteiger partial charge in [-0.1, -0.05) is 12.1 Å². The zero-order valence-corrected chi connectivity index (χ0v) is 16.2. The molecule has 146 valence electrons. The molecule has 0 saturated carbocycles. The lowest BCUT2D eigenvalue weighted by atomic mass is 10.1. The Labute approximate surface area is 169 Å². The lowest BCUT2D eigenvalue weighted by molar-refractivity contribution is 0.0467. The van der Waals surface area contributed by atoms with E-state index in [-0.39, 0.29) is 12.4 Å². The first-order valence-corrected chi connectivity index (χ1v) is 9.59. The van der Waals surface area contributed by atoms with Crippen molar-refractivity contribution in [2.24, 2.45) is 0 Å². The van der Waals surface area contributed by atoms with E-state index in [4.69, 9.17) is 13.6 Å². The molecule has 1 amide bonds. The van der Waals surface area contributed by atoms with Crippen molar-refractivity contribution < 1.29 is 23.2 Å². The third kappa shape index (κ3) is 4.27. The molecule has 0 atom stereocenters. The van der Waals surface area contributed by atoms with Crippen LogP contribution < -0.4 is 5.32 Å². The van der Waals surface area contributed by atoms with E-state index in [0.717, 1.165) is 10.4 Å². The summed E-state index contributed by atoms with van der Waals surface area (Å²) < 4.78 is 15.8. The van der Waals surface area contributed by atoms with Crippen molar-refractivity contribution in [3.8, 4) is 10.8 Å². The van der Waals surface area contributed by atoms with Gasteiger partial charge in [-0.2, -0.15) is 0 Å². The predicted octanol–water partition coefficient (Wildman–Crippen LogP) is 4.91. The van der Waals surface area contributed by atoms with Crippen molar-refractivity contribution >= 4 is 28.9 Å². The van der Waals surface area contributed by atoms with Crippen LogP contribution in [0.3, 0.4) is 0 Å². The quantitative estimate of drug-likeness (QED) is 0.455. The summed E-state index contributed by atoms with van der Waals surface area (Å²) in [6.07, 6.45) is 2.88. The van der Waals surface area contributed by atoms with Crippen molar-refractivity contribution in [2.75, 3.05) is 5.32 Å². The lowest BCUT2D eigenvalue weighted by Gasteiger charge is -2.09. The van der Waals surface area contributed by atoms with Crippen LogP contribution >= 0.6 is 11.3 Å². The number of amides is 1. The highest BCUT2D eigenvalue weighted by molar-refractivity contribution is 7.13. The van der Waals surface area contributed by atoms with Gasteiger partial charge < -0.3 is 18.9 Å². The van der Waals surface area contributed by atoms with Gasteiger partial charge >= 0.3 is 5.97 Å². The number of aryl methyl sites for hydroxylation is 1. The Kier molecular flexibility index (Phi) is 5.26. The summed E-state index contributed by atoms with van der Waals surface area (Å²) in [5.74, 6) is -0.249. The van der Waals surface area contributed by atoms with E-state index in [1.54, 1.807) is 30.3 Å². The van der Waals surface area contributed by atoms with Crippen LogP contribution in [0.1, 0.15) is 32.2 Å². The van der Waals surface area contributed by atoms with E-state index < -0.39 is 11.9 Å². The summed E-state index contributed by atoms with van der Waals surface area (Å²) in [6, 6.07) is 11.9. The second-order valence-corrected chi connectivity index (χ2v) is 7.11. The molecule has 3 heterocycles. The monoisotopic (exact) mass is 408 g/mol. The summed E-state index contributed by atoms with van der Waals surface area (Å²) in [4.78, 5) is 29.8. The van der Waals surface area contributed by atoms with Gasteiger partial charge in [0.2, 0.25) is 5.89 Å². The zero-order valence-electron chi connectivity index (χ0n) is 15.4. The van der Waals surface area contributed by atoms with Crippen molar-refractivity contribution in [2.45, 2.75) is 13.5 Å². The van der Waals surface area contributed by atoms with Crippen molar-refractivity contribution in [3.05, 3.63) is 83.0 Å². The Morgan fingerprint density at radius 1 is 1.17 bits per heavy atom. The topological polar surface area (TPSA) is 94.6 Å². The molecule has 0 aliphatic carbocycles. The number of nitrogens with zero attached hydrogens (tertiary/aromatic N) is 1. The van der Waals surface area contributed by atoms with Crippen LogP contribution in [0.25, 0.3) is 10.8 Å². The zero-order chi connectivity index (χ0) is 20.2. The van der Waals surface area contributed by atoms with Gasteiger partial charge in [0.05, 0.1) is 16.7 Å². The van der Waals surface area contributed by atoms with Crippen LogP contribution in [0, 0.1) is 6.92 Å². The number of thiophene rings is 1. The molecule has 0 bridgehead atoms. The Hall–Kier alpha value is -3.65. The molecule has 0 aliphatic heterocycles. The highest BCUT2D eigenvalue weighted by Gasteiger charge is 2.15. The van der Waals surface area contributed by atoms with Gasteiger partial charge in [0.25, 0.3) is 5.91 Å². The van der Waals surface area contributed by atoms with Gasteiger partial charge in [0.1, 0.15) is 18.6 Å². The van der Waals surface area contributed by atoms with Crippen LogP contribution in [-0.2, 0) is 11.3 Å². The number of rotatable bonds is 6. The molecule has 0 aliphatic rings. The summed E-state index contributed by atoms with van der Waals surface area (Å²) >= 11 is 1.51. The van der Waals surface area contributed by atoms with Crippen LogP contribution in [-0.4, -0.2) is 16.9 Å². The second-order valence-electron chi connectivity index (χ2n) is 6.16. The number of nitrogens with one attached hydrogen (secondary N) is 1. The molecule has 0 spiro atoms. The van der Waals surface area contributed by atoms with Gasteiger partial charge in [0.15, 0.2) is 5.76 Å². The molecule has 0 unspecified atom stereocenters. The average molecular weight is 408 g/mol. The molecule has 8 heteroatoms. The van der Waals surface area contributed by atoms with Gasteiger partial charge in [0, 0.05) is 5.69 Å². The van der Waals surface area contributed by atoms with E-state index in [1.165, 1.54) is 23.9 Å². The molecule has 0 radical (unpaired) electrons. The van der Waals surface area contributed by atoms with E-state index in [2.05, 4.69) is 10.3 Å². The second kappa shape index (κ2) is 8.15. The maximum absolute atomic E-state index is 12.4. The number of oxazole rings is 1. The highest BCUT2D eigenvalue weighted by atomic mass is 32.1. The smallest absolute Gasteiger partial charge is 0.338 e. The fourth-order valence-electron chi connectivity index (χ4n) is 2.58. The first-order valence-electron chi connectivity index (χ1n) is 8.71. The van der Waals surface area contributed by atoms with Crippen molar-refractivity contribution in [3.63, 3.8) is 0 Å². The van der Waals surface area contributed by atoms with E-state index in [9.17, 15) is 9.59 Å². The van der Waals surface area contributed by atoms with E-state index >= 15 is 0 Å². The number of hydrogen-bond acceptors (Lipinski definition) is 7. The van der Waals surface area contributed by atoms with Crippen LogP contribution in [0.15, 0.2) is 69.2 Å². The van der Waals surface area contributed by atoms with Crippen molar-refractivity contribution in [1.29, 1.82) is 0 Å². The largest absolute Gasteiger partial charge is 0.459 e. The Balaban J connectivity index is 1.41. The molecule has 1 aromatic carbocycles. The number of ether oxygens (including phenoxy) is 1. The summed E-state index contributed by atoms with van der Waals surface area (Å²) in [6.45, 7) is 1.81. The Morgan fingerprint density at radius 2 is 2.07 bits per heavy atom. The normalized spacial score (nSPS) is 10.7. The minimum atomic E-state index is -0.529.